The predicted octanol–water partition coefficient (Wildman–Crippen LogP) is 3.01. The minimum atomic E-state index is -0.00766. The molecule has 1 aliphatic heterocycles. The van der Waals surface area contributed by atoms with Gasteiger partial charge in [0.25, 0.3) is 5.91 Å². The molecule has 1 saturated heterocycles. The van der Waals surface area contributed by atoms with Crippen molar-refractivity contribution in [1.29, 1.82) is 0 Å². The zero-order chi connectivity index (χ0) is 18.4. The van der Waals surface area contributed by atoms with Crippen LogP contribution in [0.1, 0.15) is 35.8 Å². The maximum absolute atomic E-state index is 12.7. The van der Waals surface area contributed by atoms with Gasteiger partial charge in [-0.05, 0) is 36.8 Å². The number of benzene rings is 1. The zero-order valence-electron chi connectivity index (χ0n) is 15.4. The van der Waals surface area contributed by atoms with Crippen LogP contribution in [0.4, 0.5) is 5.82 Å². The van der Waals surface area contributed by atoms with Crippen molar-refractivity contribution in [2.24, 2.45) is 5.92 Å². The molecule has 1 aromatic heterocycles. The summed E-state index contributed by atoms with van der Waals surface area (Å²) in [4.78, 5) is 23.0. The molecular weight excluding hydrogens is 328 g/mol. The first-order valence-corrected chi connectivity index (χ1v) is 9.14. The Morgan fingerprint density at radius 2 is 2.19 bits per heavy atom. The molecule has 0 radical (unpaired) electrons. The minimum absolute atomic E-state index is 0.00766. The zero-order valence-corrected chi connectivity index (χ0v) is 15.4. The summed E-state index contributed by atoms with van der Waals surface area (Å²) >= 11 is 0. The molecule has 0 saturated carbocycles. The van der Waals surface area contributed by atoms with Crippen LogP contribution in [-0.4, -0.2) is 47.5 Å². The number of amides is 1. The molecule has 3 rings (SSSR count). The number of rotatable bonds is 6. The normalized spacial score (nSPS) is 17.0. The summed E-state index contributed by atoms with van der Waals surface area (Å²) in [6.07, 6.45) is 4.50. The first-order valence-electron chi connectivity index (χ1n) is 9.14. The highest BCUT2D eigenvalue weighted by molar-refractivity contribution is 5.93. The Balaban J connectivity index is 1.59. The van der Waals surface area contributed by atoms with E-state index in [1.807, 2.05) is 29.2 Å². The fraction of sp³-hybridized carbons (Fsp3) is 0.450. The number of carbonyl (C=O) groups excluding carboxylic acids is 1. The Morgan fingerprint density at radius 3 is 3.00 bits per heavy atom. The fourth-order valence-corrected chi connectivity index (χ4v) is 3.34. The van der Waals surface area contributed by atoms with Gasteiger partial charge in [0.1, 0.15) is 23.6 Å². The number of para-hydroxylation sites is 1. The van der Waals surface area contributed by atoms with Gasteiger partial charge in [0.15, 0.2) is 0 Å². The van der Waals surface area contributed by atoms with E-state index in [0.717, 1.165) is 37.2 Å². The van der Waals surface area contributed by atoms with E-state index in [1.165, 1.54) is 12.7 Å². The molecule has 1 aromatic carbocycles. The molecule has 26 heavy (non-hydrogen) atoms. The molecule has 0 aliphatic carbocycles. The molecule has 6 heteroatoms. The lowest BCUT2D eigenvalue weighted by atomic mass is 10.00. The number of likely N-dealkylation sites (tertiary alicyclic amines) is 1. The first kappa shape index (κ1) is 18.2. The average Bonchev–Trinajstić information content (AvgIpc) is 2.68. The Labute approximate surface area is 154 Å². The summed E-state index contributed by atoms with van der Waals surface area (Å²) in [5, 5.41) is 3.27. The molecule has 138 valence electrons. The van der Waals surface area contributed by atoms with E-state index in [1.54, 1.807) is 13.2 Å². The lowest BCUT2D eigenvalue weighted by Crippen LogP contribution is -2.39. The Hall–Kier alpha value is -2.63. The Bertz CT molecular complexity index is 750. The van der Waals surface area contributed by atoms with Crippen LogP contribution in [0.3, 0.4) is 0 Å². The van der Waals surface area contributed by atoms with E-state index in [4.69, 9.17) is 4.74 Å². The Kier molecular flexibility index (Phi) is 6.04. The molecule has 6 nitrogen and oxygen atoms in total. The smallest absolute Gasteiger partial charge is 0.272 e. The maximum atomic E-state index is 12.7. The van der Waals surface area contributed by atoms with Gasteiger partial charge in [0.2, 0.25) is 0 Å². The van der Waals surface area contributed by atoms with E-state index in [-0.39, 0.29) is 5.91 Å². The lowest BCUT2D eigenvalue weighted by molar-refractivity contribution is 0.0677. The van der Waals surface area contributed by atoms with Crippen LogP contribution in [0.25, 0.3) is 0 Å². The van der Waals surface area contributed by atoms with E-state index in [9.17, 15) is 4.79 Å². The van der Waals surface area contributed by atoms with Gasteiger partial charge in [-0.25, -0.2) is 9.97 Å². The quantitative estimate of drug-likeness (QED) is 0.864. The summed E-state index contributed by atoms with van der Waals surface area (Å²) in [6.45, 7) is 4.50. The standard InChI is InChI=1S/C20H26N4O2/c1-15-6-5-11-24(13-15)20(25)17-12-19(23-14-22-17)21-10-9-16-7-3-4-8-18(16)26-2/h3-4,7-8,12,14-15H,5-6,9-11,13H2,1-2H3,(H,21,22,23). The maximum Gasteiger partial charge on any atom is 0.272 e. The number of ether oxygens (including phenoxy) is 1. The van der Waals surface area contributed by atoms with Gasteiger partial charge in [-0.3, -0.25) is 4.79 Å². The second-order valence-electron chi connectivity index (χ2n) is 6.78. The summed E-state index contributed by atoms with van der Waals surface area (Å²) < 4.78 is 5.37. The van der Waals surface area contributed by atoms with Crippen LogP contribution in [0.15, 0.2) is 36.7 Å². The molecule has 1 aliphatic rings. The second kappa shape index (κ2) is 8.65. The molecule has 1 atom stereocenters. The molecule has 1 fully saturated rings. The van der Waals surface area contributed by atoms with Gasteiger partial charge < -0.3 is 15.0 Å². The second-order valence-corrected chi connectivity index (χ2v) is 6.78. The fourth-order valence-electron chi connectivity index (χ4n) is 3.34. The van der Waals surface area contributed by atoms with Crippen molar-refractivity contribution in [3.63, 3.8) is 0 Å². The van der Waals surface area contributed by atoms with Crippen LogP contribution in [0, 0.1) is 5.92 Å². The molecule has 1 unspecified atom stereocenters. The van der Waals surface area contributed by atoms with Crippen LogP contribution < -0.4 is 10.1 Å². The Morgan fingerprint density at radius 1 is 1.35 bits per heavy atom. The number of methoxy groups -OCH3 is 1. The van der Waals surface area contributed by atoms with Gasteiger partial charge in [-0.1, -0.05) is 25.1 Å². The van der Waals surface area contributed by atoms with E-state index in [0.29, 0.717) is 24.0 Å². The highest BCUT2D eigenvalue weighted by atomic mass is 16.5. The minimum Gasteiger partial charge on any atom is -0.496 e. The monoisotopic (exact) mass is 354 g/mol. The number of aromatic nitrogens is 2. The van der Waals surface area contributed by atoms with Crippen molar-refractivity contribution in [2.45, 2.75) is 26.2 Å². The third-order valence-electron chi connectivity index (χ3n) is 4.72. The van der Waals surface area contributed by atoms with Gasteiger partial charge >= 0.3 is 0 Å². The third kappa shape index (κ3) is 4.50. The van der Waals surface area contributed by atoms with Gasteiger partial charge in [0, 0.05) is 25.7 Å². The van der Waals surface area contributed by atoms with Crippen LogP contribution >= 0.6 is 0 Å². The van der Waals surface area contributed by atoms with Crippen molar-refractivity contribution in [3.05, 3.63) is 47.9 Å². The number of nitrogens with zero attached hydrogens (tertiary/aromatic N) is 3. The first-order chi connectivity index (χ1) is 12.7. The number of hydrogen-bond acceptors (Lipinski definition) is 5. The molecule has 0 spiro atoms. The van der Waals surface area contributed by atoms with Crippen LogP contribution in [-0.2, 0) is 6.42 Å². The van der Waals surface area contributed by atoms with E-state index >= 15 is 0 Å². The largest absolute Gasteiger partial charge is 0.496 e. The number of nitrogens with one attached hydrogen (secondary N) is 1. The van der Waals surface area contributed by atoms with Crippen molar-refractivity contribution in [2.75, 3.05) is 32.1 Å². The topological polar surface area (TPSA) is 67.3 Å². The van der Waals surface area contributed by atoms with E-state index in [2.05, 4.69) is 22.2 Å². The molecule has 0 bridgehead atoms. The lowest BCUT2D eigenvalue weighted by Gasteiger charge is -2.30. The number of anilines is 1. The van der Waals surface area contributed by atoms with Crippen molar-refractivity contribution < 1.29 is 9.53 Å². The van der Waals surface area contributed by atoms with E-state index < -0.39 is 0 Å². The summed E-state index contributed by atoms with van der Waals surface area (Å²) in [5.41, 5.74) is 1.59. The summed E-state index contributed by atoms with van der Waals surface area (Å²) in [5.74, 6) is 2.09. The van der Waals surface area contributed by atoms with Crippen molar-refractivity contribution in [1.82, 2.24) is 14.9 Å². The summed E-state index contributed by atoms with van der Waals surface area (Å²) in [6, 6.07) is 9.70. The average molecular weight is 354 g/mol. The number of piperidine rings is 1. The SMILES string of the molecule is COc1ccccc1CCNc1cc(C(=O)N2CCCC(C)C2)ncn1. The highest BCUT2D eigenvalue weighted by Gasteiger charge is 2.23. The van der Waals surface area contributed by atoms with Gasteiger partial charge in [-0.15, -0.1) is 0 Å². The molecule has 1 N–H and O–H groups in total. The highest BCUT2D eigenvalue weighted by Crippen LogP contribution is 2.19. The summed E-state index contributed by atoms with van der Waals surface area (Å²) in [7, 11) is 1.68. The third-order valence-corrected chi connectivity index (χ3v) is 4.72. The predicted molar refractivity (Wildman–Crippen MR) is 102 cm³/mol. The molecule has 1 amide bonds. The molecule has 2 heterocycles. The van der Waals surface area contributed by atoms with Crippen LogP contribution in [0.5, 0.6) is 5.75 Å². The van der Waals surface area contributed by atoms with Gasteiger partial charge in [-0.2, -0.15) is 0 Å². The molecular formula is C20H26N4O2. The van der Waals surface area contributed by atoms with Crippen molar-refractivity contribution >= 4 is 11.7 Å². The molecule has 2 aromatic rings. The van der Waals surface area contributed by atoms with Crippen molar-refractivity contribution in [3.8, 4) is 5.75 Å². The van der Waals surface area contributed by atoms with Gasteiger partial charge in [0.05, 0.1) is 7.11 Å². The van der Waals surface area contributed by atoms with Crippen LogP contribution in [0.2, 0.25) is 0 Å². The number of carbonyl (C=O) groups is 1. The number of hydrogen-bond donors (Lipinski definition) is 1.